The minimum Gasteiger partial charge on any atom is -0.463 e. The molecule has 0 N–H and O–H groups in total. The maximum absolute atomic E-state index is 12.9. The topological polar surface area (TPSA) is 52.6 Å². The molecule has 4 fully saturated rings. The fourth-order valence-corrected chi connectivity index (χ4v) is 6.48. The second-order valence-corrected chi connectivity index (χ2v) is 9.52. The van der Waals surface area contributed by atoms with Crippen LogP contribution in [0.5, 0.6) is 0 Å². The highest BCUT2D eigenvalue weighted by atomic mass is 16.6. The summed E-state index contributed by atoms with van der Waals surface area (Å²) in [7, 11) is 0. The fourth-order valence-electron chi connectivity index (χ4n) is 6.48. The summed E-state index contributed by atoms with van der Waals surface area (Å²) in [5.74, 6) is 2.79. The molecule has 4 saturated carbocycles. The summed E-state index contributed by atoms with van der Waals surface area (Å²) in [6, 6.07) is 8.13. The Kier molecular flexibility index (Phi) is 5.86. The molecule has 0 radical (unpaired) electrons. The van der Waals surface area contributed by atoms with Crippen molar-refractivity contribution in [3.05, 3.63) is 35.4 Å². The van der Waals surface area contributed by atoms with E-state index in [2.05, 4.69) is 6.07 Å². The molecule has 0 atom stereocenters. The van der Waals surface area contributed by atoms with Gasteiger partial charge in [-0.15, -0.1) is 0 Å². The third kappa shape index (κ3) is 4.83. The van der Waals surface area contributed by atoms with Crippen LogP contribution in [-0.4, -0.2) is 25.0 Å². The molecule has 1 aromatic carbocycles. The van der Waals surface area contributed by atoms with E-state index in [1.165, 1.54) is 45.4 Å². The van der Waals surface area contributed by atoms with Gasteiger partial charge < -0.3 is 9.47 Å². The van der Waals surface area contributed by atoms with E-state index in [1.54, 1.807) is 0 Å². The molecule has 4 aliphatic rings. The number of hydrogen-bond donors (Lipinski definition) is 0. The number of ether oxygens (including phenoxy) is 2. The van der Waals surface area contributed by atoms with E-state index in [1.807, 2.05) is 18.2 Å². The summed E-state index contributed by atoms with van der Waals surface area (Å²) < 4.78 is 10.4. The standard InChI is InChI=1S/C24H32O4/c1-17(25)28-6-5-27-16-19-4-2-3-18(7-19)11-23(26)15-24-12-20-8-21(13-24)10-22(9-20)14-24/h2-4,7,20-22H,5-6,8-16H2,1H3. The molecule has 0 saturated heterocycles. The molecular weight excluding hydrogens is 352 g/mol. The van der Waals surface area contributed by atoms with Gasteiger partial charge in [0.15, 0.2) is 0 Å². The van der Waals surface area contributed by atoms with Crippen molar-refractivity contribution in [2.45, 2.75) is 64.9 Å². The zero-order valence-electron chi connectivity index (χ0n) is 17.0. The average molecular weight is 385 g/mol. The second-order valence-electron chi connectivity index (χ2n) is 9.52. The number of carbonyl (C=O) groups is 2. The van der Waals surface area contributed by atoms with Gasteiger partial charge in [-0.2, -0.15) is 0 Å². The van der Waals surface area contributed by atoms with Gasteiger partial charge in [0.05, 0.1) is 13.2 Å². The smallest absolute Gasteiger partial charge is 0.302 e. The van der Waals surface area contributed by atoms with Crippen molar-refractivity contribution in [3.8, 4) is 0 Å². The summed E-state index contributed by atoms with van der Waals surface area (Å²) in [6.07, 6.45) is 9.46. The molecule has 4 bridgehead atoms. The zero-order chi connectivity index (χ0) is 19.6. The Morgan fingerprint density at radius 2 is 1.64 bits per heavy atom. The van der Waals surface area contributed by atoms with Crippen LogP contribution in [0.4, 0.5) is 0 Å². The molecule has 0 aliphatic heterocycles. The lowest BCUT2D eigenvalue weighted by Gasteiger charge is -2.56. The number of ketones is 1. The van der Waals surface area contributed by atoms with Gasteiger partial charge in [-0.25, -0.2) is 0 Å². The first-order valence-corrected chi connectivity index (χ1v) is 10.8. The lowest BCUT2D eigenvalue weighted by molar-refractivity contribution is -0.142. The Balaban J connectivity index is 1.27. The summed E-state index contributed by atoms with van der Waals surface area (Å²) >= 11 is 0. The first kappa shape index (κ1) is 19.6. The maximum Gasteiger partial charge on any atom is 0.302 e. The third-order valence-electron chi connectivity index (χ3n) is 6.93. The first-order chi connectivity index (χ1) is 13.5. The van der Waals surface area contributed by atoms with Crippen LogP contribution in [-0.2, 0) is 32.1 Å². The fraction of sp³-hybridized carbons (Fsp3) is 0.667. The summed E-state index contributed by atoms with van der Waals surface area (Å²) in [6.45, 7) is 2.52. The van der Waals surface area contributed by atoms with Gasteiger partial charge in [0.2, 0.25) is 0 Å². The van der Waals surface area contributed by atoms with Crippen LogP contribution in [0.2, 0.25) is 0 Å². The number of rotatable bonds is 9. The van der Waals surface area contributed by atoms with E-state index in [0.717, 1.165) is 35.3 Å². The summed E-state index contributed by atoms with van der Waals surface area (Å²) in [4.78, 5) is 23.6. The van der Waals surface area contributed by atoms with Crippen LogP contribution in [0, 0.1) is 23.2 Å². The van der Waals surface area contributed by atoms with Crippen molar-refractivity contribution in [1.29, 1.82) is 0 Å². The van der Waals surface area contributed by atoms with Crippen molar-refractivity contribution in [3.63, 3.8) is 0 Å². The molecule has 152 valence electrons. The quantitative estimate of drug-likeness (QED) is 0.465. The third-order valence-corrected chi connectivity index (χ3v) is 6.93. The molecule has 0 spiro atoms. The first-order valence-electron chi connectivity index (χ1n) is 10.8. The predicted molar refractivity (Wildman–Crippen MR) is 107 cm³/mol. The highest BCUT2D eigenvalue weighted by molar-refractivity contribution is 5.81. The molecule has 4 nitrogen and oxygen atoms in total. The largest absolute Gasteiger partial charge is 0.463 e. The van der Waals surface area contributed by atoms with Crippen molar-refractivity contribution >= 4 is 11.8 Å². The van der Waals surface area contributed by atoms with E-state index < -0.39 is 0 Å². The highest BCUT2D eigenvalue weighted by Gasteiger charge is 2.51. The Hall–Kier alpha value is -1.68. The second kappa shape index (κ2) is 8.36. The monoisotopic (exact) mass is 384 g/mol. The van der Waals surface area contributed by atoms with Gasteiger partial charge in [0, 0.05) is 19.8 Å². The molecule has 5 rings (SSSR count). The molecule has 4 heteroatoms. The van der Waals surface area contributed by atoms with Gasteiger partial charge in [-0.1, -0.05) is 24.3 Å². The van der Waals surface area contributed by atoms with E-state index in [9.17, 15) is 9.59 Å². The van der Waals surface area contributed by atoms with E-state index >= 15 is 0 Å². The molecule has 0 aromatic heterocycles. The zero-order valence-corrected chi connectivity index (χ0v) is 17.0. The van der Waals surface area contributed by atoms with Crippen molar-refractivity contribution in [2.24, 2.45) is 23.2 Å². The Morgan fingerprint density at radius 3 is 2.29 bits per heavy atom. The van der Waals surface area contributed by atoms with E-state index in [4.69, 9.17) is 9.47 Å². The molecule has 0 amide bonds. The average Bonchev–Trinajstić information content (AvgIpc) is 2.59. The van der Waals surface area contributed by atoms with Crippen LogP contribution in [0.3, 0.4) is 0 Å². The molecule has 0 unspecified atom stereocenters. The molecule has 0 heterocycles. The highest BCUT2D eigenvalue weighted by Crippen LogP contribution is 2.61. The van der Waals surface area contributed by atoms with E-state index in [0.29, 0.717) is 30.8 Å². The minimum atomic E-state index is -0.289. The predicted octanol–water partition coefficient (Wildman–Crippen LogP) is 4.48. The lowest BCUT2D eigenvalue weighted by atomic mass is 9.48. The van der Waals surface area contributed by atoms with Crippen LogP contribution in [0.1, 0.15) is 63.0 Å². The van der Waals surface area contributed by atoms with Crippen LogP contribution in [0.25, 0.3) is 0 Å². The van der Waals surface area contributed by atoms with E-state index in [-0.39, 0.29) is 12.6 Å². The number of benzene rings is 1. The van der Waals surface area contributed by atoms with Gasteiger partial charge in [0.25, 0.3) is 0 Å². The molecule has 28 heavy (non-hydrogen) atoms. The Bertz CT molecular complexity index is 688. The molecule has 4 aliphatic carbocycles. The van der Waals surface area contributed by atoms with Gasteiger partial charge in [-0.3, -0.25) is 9.59 Å². The SMILES string of the molecule is CC(=O)OCCOCc1cccc(CC(=O)CC23CC4CC(CC(C4)C2)C3)c1. The van der Waals surface area contributed by atoms with Crippen molar-refractivity contribution < 1.29 is 19.1 Å². The molecular formula is C24H32O4. The number of hydrogen-bond acceptors (Lipinski definition) is 4. The normalized spacial score (nSPS) is 30.4. The lowest BCUT2D eigenvalue weighted by Crippen LogP contribution is -2.47. The van der Waals surface area contributed by atoms with Gasteiger partial charge >= 0.3 is 5.97 Å². The minimum absolute atomic E-state index is 0.276. The van der Waals surface area contributed by atoms with Crippen LogP contribution in [0.15, 0.2) is 24.3 Å². The van der Waals surface area contributed by atoms with Crippen molar-refractivity contribution in [1.82, 2.24) is 0 Å². The van der Waals surface area contributed by atoms with Crippen LogP contribution >= 0.6 is 0 Å². The number of esters is 1. The maximum atomic E-state index is 12.9. The van der Waals surface area contributed by atoms with Crippen LogP contribution < -0.4 is 0 Å². The van der Waals surface area contributed by atoms with Gasteiger partial charge in [-0.05, 0) is 72.8 Å². The van der Waals surface area contributed by atoms with Crippen molar-refractivity contribution in [2.75, 3.05) is 13.2 Å². The summed E-state index contributed by atoms with van der Waals surface area (Å²) in [5, 5.41) is 0. The van der Waals surface area contributed by atoms with Gasteiger partial charge in [0.1, 0.15) is 12.4 Å². The Morgan fingerprint density at radius 1 is 1.00 bits per heavy atom. The molecule has 1 aromatic rings. The summed E-state index contributed by atoms with van der Waals surface area (Å²) in [5.41, 5.74) is 2.46. The number of Topliss-reactive ketones (excluding diaryl/α,β-unsaturated/α-hetero) is 1. The number of carbonyl (C=O) groups excluding carboxylic acids is 2. The Labute approximate surface area is 168 Å².